The Balaban J connectivity index is 1.54. The lowest BCUT2D eigenvalue weighted by Crippen LogP contribution is -2.17. The van der Waals surface area contributed by atoms with Gasteiger partial charge in [-0.3, -0.25) is 9.59 Å². The van der Waals surface area contributed by atoms with E-state index >= 15 is 0 Å². The van der Waals surface area contributed by atoms with Gasteiger partial charge in [0, 0.05) is 9.79 Å². The molecule has 5 nitrogen and oxygen atoms in total. The molecular weight excluding hydrogens is 410 g/mol. The first-order valence-corrected chi connectivity index (χ1v) is 10.6. The summed E-state index contributed by atoms with van der Waals surface area (Å²) < 4.78 is 0. The van der Waals surface area contributed by atoms with Gasteiger partial charge in [0.25, 0.3) is 0 Å². The fourth-order valence-electron chi connectivity index (χ4n) is 2.81. The van der Waals surface area contributed by atoms with Gasteiger partial charge in [0.15, 0.2) is 6.29 Å². The minimum absolute atomic E-state index is 0.0597. The highest BCUT2D eigenvalue weighted by Gasteiger charge is 2.14. The van der Waals surface area contributed by atoms with Crippen LogP contribution in [0, 0.1) is 0 Å². The van der Waals surface area contributed by atoms with Crippen molar-refractivity contribution >= 4 is 35.5 Å². The number of oxime groups is 1. The van der Waals surface area contributed by atoms with Crippen molar-refractivity contribution in [2.24, 2.45) is 5.16 Å². The molecule has 0 bridgehead atoms. The van der Waals surface area contributed by atoms with Gasteiger partial charge in [0.05, 0.1) is 5.56 Å². The van der Waals surface area contributed by atoms with Crippen LogP contribution in [0.2, 0.25) is 0 Å². The standard InChI is InChI=1S/C25H21NO4S/c27-18-24(28)23(26-30-25(29)20-9-3-1-4-10-20)13-7-8-19-14-16-22(17-15-19)31-21-11-5-2-6-12-21/h1-6,9-12,14-18H,7-8,13H2. The highest BCUT2D eigenvalue weighted by Crippen LogP contribution is 2.27. The van der Waals surface area contributed by atoms with Crippen molar-refractivity contribution in [2.45, 2.75) is 29.1 Å². The highest BCUT2D eigenvalue weighted by molar-refractivity contribution is 7.99. The van der Waals surface area contributed by atoms with Gasteiger partial charge in [0.1, 0.15) is 5.71 Å². The summed E-state index contributed by atoms with van der Waals surface area (Å²) in [5.74, 6) is -1.46. The minimum atomic E-state index is -0.782. The van der Waals surface area contributed by atoms with Gasteiger partial charge in [-0.2, -0.15) is 0 Å². The van der Waals surface area contributed by atoms with E-state index in [4.69, 9.17) is 4.84 Å². The molecule has 31 heavy (non-hydrogen) atoms. The molecule has 3 rings (SSSR count). The lowest BCUT2D eigenvalue weighted by molar-refractivity contribution is -0.125. The van der Waals surface area contributed by atoms with Crippen LogP contribution in [0.25, 0.3) is 0 Å². The number of benzene rings is 3. The molecule has 0 aliphatic rings. The van der Waals surface area contributed by atoms with Crippen LogP contribution in [0.1, 0.15) is 28.8 Å². The van der Waals surface area contributed by atoms with E-state index in [0.29, 0.717) is 18.4 Å². The average molecular weight is 432 g/mol. The molecule has 0 atom stereocenters. The number of aldehydes is 1. The lowest BCUT2D eigenvalue weighted by atomic mass is 10.0. The molecule has 156 valence electrons. The molecule has 0 heterocycles. The van der Waals surface area contributed by atoms with Crippen LogP contribution in [0.3, 0.4) is 0 Å². The van der Waals surface area contributed by atoms with Crippen LogP contribution in [0.4, 0.5) is 0 Å². The Morgan fingerprint density at radius 1 is 0.839 bits per heavy atom. The summed E-state index contributed by atoms with van der Waals surface area (Å²) >= 11 is 1.69. The van der Waals surface area contributed by atoms with E-state index in [0.717, 1.165) is 10.5 Å². The molecular formula is C25H21NO4S. The summed E-state index contributed by atoms with van der Waals surface area (Å²) in [4.78, 5) is 41.9. The number of hydrogen-bond donors (Lipinski definition) is 0. The topological polar surface area (TPSA) is 72.8 Å². The summed E-state index contributed by atoms with van der Waals surface area (Å²) in [5.41, 5.74) is 1.37. The van der Waals surface area contributed by atoms with Crippen molar-refractivity contribution in [3.8, 4) is 0 Å². The summed E-state index contributed by atoms with van der Waals surface area (Å²) in [6, 6.07) is 26.7. The summed E-state index contributed by atoms with van der Waals surface area (Å²) in [7, 11) is 0. The number of ketones is 1. The molecule has 3 aromatic rings. The van der Waals surface area contributed by atoms with Gasteiger partial charge in [-0.1, -0.05) is 65.4 Å². The molecule has 3 aromatic carbocycles. The molecule has 0 radical (unpaired) electrons. The maximum Gasteiger partial charge on any atom is 0.365 e. The third-order valence-corrected chi connectivity index (χ3v) is 5.44. The molecule has 0 saturated heterocycles. The summed E-state index contributed by atoms with van der Waals surface area (Å²) in [6.45, 7) is 0. The average Bonchev–Trinajstić information content (AvgIpc) is 2.83. The van der Waals surface area contributed by atoms with Crippen molar-refractivity contribution in [3.63, 3.8) is 0 Å². The third-order valence-electron chi connectivity index (χ3n) is 4.42. The first-order valence-electron chi connectivity index (χ1n) is 9.80. The van der Waals surface area contributed by atoms with Crippen molar-refractivity contribution < 1.29 is 19.2 Å². The maximum absolute atomic E-state index is 12.0. The number of carbonyl (C=O) groups excluding carboxylic acids is 3. The number of aryl methyl sites for hydroxylation is 1. The quantitative estimate of drug-likeness (QED) is 0.146. The normalized spacial score (nSPS) is 11.0. The van der Waals surface area contributed by atoms with Gasteiger partial charge in [-0.15, -0.1) is 0 Å². The predicted molar refractivity (Wildman–Crippen MR) is 120 cm³/mol. The van der Waals surface area contributed by atoms with E-state index in [1.54, 1.807) is 42.1 Å². The zero-order chi connectivity index (χ0) is 21.9. The molecule has 6 heteroatoms. The zero-order valence-corrected chi connectivity index (χ0v) is 17.6. The largest absolute Gasteiger partial charge is 0.365 e. The Morgan fingerprint density at radius 2 is 1.45 bits per heavy atom. The van der Waals surface area contributed by atoms with E-state index in [1.807, 2.05) is 30.3 Å². The van der Waals surface area contributed by atoms with E-state index in [-0.39, 0.29) is 18.4 Å². The number of hydrogen-bond acceptors (Lipinski definition) is 6. The van der Waals surface area contributed by atoms with E-state index in [2.05, 4.69) is 29.4 Å². The Hall–Kier alpha value is -3.51. The first kappa shape index (κ1) is 22.2. The van der Waals surface area contributed by atoms with E-state index < -0.39 is 11.8 Å². The van der Waals surface area contributed by atoms with Gasteiger partial charge >= 0.3 is 5.97 Å². The highest BCUT2D eigenvalue weighted by atomic mass is 32.2. The number of carbonyl (C=O) groups is 3. The predicted octanol–water partition coefficient (Wildman–Crippen LogP) is 5.14. The van der Waals surface area contributed by atoms with Crippen LogP contribution < -0.4 is 0 Å². The molecule has 0 aliphatic heterocycles. The summed E-state index contributed by atoms with van der Waals surface area (Å²) in [5, 5.41) is 3.65. The van der Waals surface area contributed by atoms with Crippen molar-refractivity contribution in [2.75, 3.05) is 0 Å². The van der Waals surface area contributed by atoms with Gasteiger partial charge < -0.3 is 4.84 Å². The third kappa shape index (κ3) is 7.04. The van der Waals surface area contributed by atoms with Crippen LogP contribution in [0.15, 0.2) is 99.9 Å². The van der Waals surface area contributed by atoms with Gasteiger partial charge in [-0.25, -0.2) is 4.79 Å². The Bertz CT molecular complexity index is 1050. The first-order chi connectivity index (χ1) is 15.2. The van der Waals surface area contributed by atoms with Crippen molar-refractivity contribution in [3.05, 3.63) is 96.1 Å². The fraction of sp³-hybridized carbons (Fsp3) is 0.120. The molecule has 0 saturated carbocycles. The Kier molecular flexibility index (Phi) is 8.31. The Labute approximate surface area is 185 Å². The second-order valence-corrected chi connectivity index (χ2v) is 7.82. The van der Waals surface area contributed by atoms with E-state index in [9.17, 15) is 14.4 Å². The monoisotopic (exact) mass is 431 g/mol. The number of nitrogens with zero attached hydrogens (tertiary/aromatic N) is 1. The van der Waals surface area contributed by atoms with E-state index in [1.165, 1.54) is 4.90 Å². The molecule has 0 aliphatic carbocycles. The van der Waals surface area contributed by atoms with Crippen LogP contribution in [-0.2, 0) is 20.8 Å². The molecule has 0 fully saturated rings. The molecule has 0 N–H and O–H groups in total. The molecule has 0 aromatic heterocycles. The smallest absolute Gasteiger partial charge is 0.312 e. The van der Waals surface area contributed by atoms with Gasteiger partial charge in [0.2, 0.25) is 5.78 Å². The minimum Gasteiger partial charge on any atom is -0.312 e. The zero-order valence-electron chi connectivity index (χ0n) is 16.8. The molecule has 0 amide bonds. The Morgan fingerprint density at radius 3 is 2.10 bits per heavy atom. The number of Topliss-reactive ketones (excluding diaryl/α,β-unsaturated/α-hetero) is 1. The lowest BCUT2D eigenvalue weighted by Gasteiger charge is -2.05. The van der Waals surface area contributed by atoms with Crippen molar-refractivity contribution in [1.29, 1.82) is 0 Å². The van der Waals surface area contributed by atoms with Gasteiger partial charge in [-0.05, 0) is 61.2 Å². The van der Waals surface area contributed by atoms with Crippen molar-refractivity contribution in [1.82, 2.24) is 0 Å². The fourth-order valence-corrected chi connectivity index (χ4v) is 3.65. The SMILES string of the molecule is O=CC(=O)C(CCCc1ccc(Sc2ccccc2)cc1)=NOC(=O)c1ccccc1. The molecule has 0 spiro atoms. The van der Waals surface area contributed by atoms with Crippen LogP contribution in [-0.4, -0.2) is 23.8 Å². The number of rotatable bonds is 10. The maximum atomic E-state index is 12.0. The summed E-state index contributed by atoms with van der Waals surface area (Å²) in [6.07, 6.45) is 1.71. The second-order valence-electron chi connectivity index (χ2n) is 6.68. The van der Waals surface area contributed by atoms with Crippen LogP contribution >= 0.6 is 11.8 Å². The molecule has 0 unspecified atom stereocenters. The van der Waals surface area contributed by atoms with Crippen LogP contribution in [0.5, 0.6) is 0 Å². The second kappa shape index (κ2) is 11.6.